The molecule has 0 spiro atoms. The first-order valence-corrected chi connectivity index (χ1v) is 8.39. The van der Waals surface area contributed by atoms with Crippen LogP contribution < -0.4 is 10.1 Å². The van der Waals surface area contributed by atoms with Gasteiger partial charge in [0, 0.05) is 32.8 Å². The van der Waals surface area contributed by atoms with E-state index < -0.39 is 0 Å². The van der Waals surface area contributed by atoms with Crippen LogP contribution in [0.4, 0.5) is 0 Å². The number of nitrogens with zero attached hydrogens (tertiary/aromatic N) is 3. The molecule has 0 radical (unpaired) electrons. The van der Waals surface area contributed by atoms with Crippen LogP contribution in [0.15, 0.2) is 30.3 Å². The molecular formula is C18H22N4O4. The molecule has 1 aromatic heterocycles. The Bertz CT molecular complexity index is 802. The van der Waals surface area contributed by atoms with E-state index in [4.69, 9.17) is 9.47 Å². The summed E-state index contributed by atoms with van der Waals surface area (Å²) >= 11 is 0. The number of hydrogen-bond donors (Lipinski definition) is 1. The summed E-state index contributed by atoms with van der Waals surface area (Å²) in [5.74, 6) is 0.311. The van der Waals surface area contributed by atoms with Gasteiger partial charge in [-0.05, 0) is 17.7 Å². The summed E-state index contributed by atoms with van der Waals surface area (Å²) in [4.78, 5) is 26.6. The van der Waals surface area contributed by atoms with E-state index in [0.29, 0.717) is 38.5 Å². The fourth-order valence-electron chi connectivity index (χ4n) is 2.85. The Morgan fingerprint density at radius 2 is 2.12 bits per heavy atom. The van der Waals surface area contributed by atoms with Gasteiger partial charge in [0.25, 0.3) is 11.8 Å². The lowest BCUT2D eigenvalue weighted by Gasteiger charge is -2.27. The zero-order chi connectivity index (χ0) is 18.5. The topological polar surface area (TPSA) is 85.7 Å². The van der Waals surface area contributed by atoms with Crippen molar-refractivity contribution >= 4 is 11.8 Å². The van der Waals surface area contributed by atoms with E-state index >= 15 is 0 Å². The van der Waals surface area contributed by atoms with E-state index in [1.165, 1.54) is 0 Å². The van der Waals surface area contributed by atoms with Crippen molar-refractivity contribution in [3.8, 4) is 5.75 Å². The molecule has 2 heterocycles. The minimum atomic E-state index is -0.309. The molecule has 0 bridgehead atoms. The number of nitrogens with one attached hydrogen (secondary N) is 1. The largest absolute Gasteiger partial charge is 0.497 e. The molecule has 2 aromatic rings. The van der Waals surface area contributed by atoms with Crippen molar-refractivity contribution in [2.45, 2.75) is 13.1 Å². The summed E-state index contributed by atoms with van der Waals surface area (Å²) in [7, 11) is 3.18. The van der Waals surface area contributed by atoms with Gasteiger partial charge in [-0.2, -0.15) is 5.10 Å². The number of ether oxygens (including phenoxy) is 2. The molecule has 26 heavy (non-hydrogen) atoms. The molecule has 1 aliphatic rings. The maximum absolute atomic E-state index is 12.8. The Hall–Kier alpha value is -2.87. The van der Waals surface area contributed by atoms with Gasteiger partial charge >= 0.3 is 0 Å². The van der Waals surface area contributed by atoms with E-state index in [0.717, 1.165) is 11.3 Å². The van der Waals surface area contributed by atoms with E-state index in [1.54, 1.807) is 29.9 Å². The van der Waals surface area contributed by atoms with Gasteiger partial charge < -0.3 is 19.7 Å². The number of carbonyl (C=O) groups is 2. The highest BCUT2D eigenvalue weighted by atomic mass is 16.5. The average Bonchev–Trinajstić information content (AvgIpc) is 3.10. The Kier molecular flexibility index (Phi) is 5.52. The maximum atomic E-state index is 12.8. The molecular weight excluding hydrogens is 336 g/mol. The molecule has 0 saturated carbocycles. The van der Waals surface area contributed by atoms with Crippen molar-refractivity contribution in [2.24, 2.45) is 0 Å². The maximum Gasteiger partial charge on any atom is 0.272 e. The molecule has 0 atom stereocenters. The lowest BCUT2D eigenvalue weighted by Crippen LogP contribution is -2.39. The van der Waals surface area contributed by atoms with Gasteiger partial charge in [0.15, 0.2) is 5.69 Å². The van der Waals surface area contributed by atoms with Gasteiger partial charge in [0.05, 0.1) is 20.3 Å². The number of methoxy groups -OCH3 is 2. The number of benzene rings is 1. The molecule has 138 valence electrons. The Morgan fingerprint density at radius 3 is 2.88 bits per heavy atom. The highest BCUT2D eigenvalue weighted by molar-refractivity contribution is 5.98. The number of rotatable bonds is 7. The van der Waals surface area contributed by atoms with Gasteiger partial charge in [-0.1, -0.05) is 12.1 Å². The minimum absolute atomic E-state index is 0.137. The Labute approximate surface area is 151 Å². The lowest BCUT2D eigenvalue weighted by atomic mass is 10.1. The van der Waals surface area contributed by atoms with Crippen LogP contribution in [0.3, 0.4) is 0 Å². The van der Waals surface area contributed by atoms with Crippen molar-refractivity contribution in [1.29, 1.82) is 0 Å². The Morgan fingerprint density at radius 1 is 1.27 bits per heavy atom. The van der Waals surface area contributed by atoms with Gasteiger partial charge in [0.1, 0.15) is 11.4 Å². The van der Waals surface area contributed by atoms with E-state index in [-0.39, 0.29) is 17.5 Å². The van der Waals surface area contributed by atoms with Crippen LogP contribution in [0.5, 0.6) is 5.75 Å². The van der Waals surface area contributed by atoms with Gasteiger partial charge in [-0.25, -0.2) is 0 Å². The quantitative estimate of drug-likeness (QED) is 0.744. The minimum Gasteiger partial charge on any atom is -0.497 e. The van der Waals surface area contributed by atoms with Crippen LogP contribution in [0, 0.1) is 0 Å². The van der Waals surface area contributed by atoms with E-state index in [1.807, 2.05) is 24.3 Å². The van der Waals surface area contributed by atoms with Crippen LogP contribution in [0.2, 0.25) is 0 Å². The molecule has 8 nitrogen and oxygen atoms in total. The second-order valence-electron chi connectivity index (χ2n) is 5.96. The van der Waals surface area contributed by atoms with Crippen molar-refractivity contribution < 1.29 is 19.1 Å². The van der Waals surface area contributed by atoms with Gasteiger partial charge in [-0.3, -0.25) is 14.3 Å². The second kappa shape index (κ2) is 8.01. The van der Waals surface area contributed by atoms with Crippen LogP contribution in [0.25, 0.3) is 0 Å². The summed E-state index contributed by atoms with van der Waals surface area (Å²) in [6, 6.07) is 9.17. The molecule has 3 rings (SSSR count). The highest BCUT2D eigenvalue weighted by Crippen LogP contribution is 2.19. The zero-order valence-corrected chi connectivity index (χ0v) is 14.9. The van der Waals surface area contributed by atoms with Crippen molar-refractivity contribution in [1.82, 2.24) is 20.0 Å². The summed E-state index contributed by atoms with van der Waals surface area (Å²) in [6.07, 6.45) is 0. The van der Waals surface area contributed by atoms with Crippen LogP contribution in [0.1, 0.15) is 26.5 Å². The molecule has 1 aromatic carbocycles. The lowest BCUT2D eigenvalue weighted by molar-refractivity contribution is 0.0683. The third kappa shape index (κ3) is 3.85. The van der Waals surface area contributed by atoms with E-state index in [9.17, 15) is 9.59 Å². The molecule has 1 N–H and O–H groups in total. The first kappa shape index (κ1) is 17.9. The highest BCUT2D eigenvalue weighted by Gasteiger charge is 2.27. The number of carbonyl (C=O) groups excluding carboxylic acids is 2. The van der Waals surface area contributed by atoms with Crippen LogP contribution >= 0.6 is 0 Å². The van der Waals surface area contributed by atoms with Crippen molar-refractivity contribution in [2.75, 3.05) is 33.9 Å². The predicted octanol–water partition coefficient (Wildman–Crippen LogP) is 0.924. The van der Waals surface area contributed by atoms with Crippen LogP contribution in [-0.4, -0.2) is 60.4 Å². The molecule has 8 heteroatoms. The molecule has 2 amide bonds. The zero-order valence-electron chi connectivity index (χ0n) is 14.9. The summed E-state index contributed by atoms with van der Waals surface area (Å²) in [6.45, 7) is 2.39. The number of fused-ring (bicyclic) bond motifs is 1. The third-order valence-electron chi connectivity index (χ3n) is 4.20. The monoisotopic (exact) mass is 358 g/mol. The van der Waals surface area contributed by atoms with Crippen molar-refractivity contribution in [3.05, 3.63) is 47.3 Å². The van der Waals surface area contributed by atoms with Gasteiger partial charge in [-0.15, -0.1) is 0 Å². The van der Waals surface area contributed by atoms with Gasteiger partial charge in [0.2, 0.25) is 0 Å². The van der Waals surface area contributed by atoms with Crippen LogP contribution in [-0.2, 0) is 17.8 Å². The summed E-state index contributed by atoms with van der Waals surface area (Å²) in [5.41, 5.74) is 1.66. The smallest absolute Gasteiger partial charge is 0.272 e. The summed E-state index contributed by atoms with van der Waals surface area (Å²) in [5, 5.41) is 6.95. The molecule has 0 aliphatic carbocycles. The first-order chi connectivity index (χ1) is 12.6. The number of aromatic nitrogens is 2. The molecule has 1 aliphatic heterocycles. The normalized spacial score (nSPS) is 13.5. The summed E-state index contributed by atoms with van der Waals surface area (Å²) < 4.78 is 11.7. The number of amides is 2. The SMILES string of the molecule is COCCNC(=O)c1cc2n(n1)CCN(Cc1cccc(OC)c1)C2=O. The van der Waals surface area contributed by atoms with E-state index in [2.05, 4.69) is 10.4 Å². The fraction of sp³-hybridized carbons (Fsp3) is 0.389. The molecule has 0 fully saturated rings. The molecule has 0 saturated heterocycles. The fourth-order valence-corrected chi connectivity index (χ4v) is 2.85. The average molecular weight is 358 g/mol. The van der Waals surface area contributed by atoms with Crippen molar-refractivity contribution in [3.63, 3.8) is 0 Å². The third-order valence-corrected chi connectivity index (χ3v) is 4.20. The number of hydrogen-bond acceptors (Lipinski definition) is 5. The first-order valence-electron chi connectivity index (χ1n) is 8.39. The predicted molar refractivity (Wildman–Crippen MR) is 94.2 cm³/mol. The standard InChI is InChI=1S/C18H22N4O4/c1-25-9-6-19-17(23)15-11-16-18(24)21(7-8-22(16)20-15)12-13-4-3-5-14(10-13)26-2/h3-5,10-11H,6-9,12H2,1-2H3,(H,19,23). The Balaban J connectivity index is 1.70. The second-order valence-corrected chi connectivity index (χ2v) is 5.96. The molecule has 0 unspecified atom stereocenters.